The summed E-state index contributed by atoms with van der Waals surface area (Å²) in [7, 11) is 3.84. The second-order valence-corrected chi connectivity index (χ2v) is 6.98. The van der Waals surface area contributed by atoms with Gasteiger partial charge in [-0.1, -0.05) is 12.5 Å². The van der Waals surface area contributed by atoms with Gasteiger partial charge in [-0.05, 0) is 58.8 Å². The number of ether oxygens (including phenoxy) is 1. The van der Waals surface area contributed by atoms with Crippen molar-refractivity contribution in [2.75, 3.05) is 25.5 Å². The van der Waals surface area contributed by atoms with Gasteiger partial charge in [0.2, 0.25) is 0 Å². The van der Waals surface area contributed by atoms with Gasteiger partial charge in [0.05, 0.1) is 0 Å². The van der Waals surface area contributed by atoms with Crippen molar-refractivity contribution in [3.63, 3.8) is 0 Å². The predicted molar refractivity (Wildman–Crippen MR) is 88.1 cm³/mol. The minimum atomic E-state index is -0.504. The molecule has 1 aliphatic heterocycles. The lowest BCUT2D eigenvalue weighted by Crippen LogP contribution is -2.34. The van der Waals surface area contributed by atoms with E-state index in [9.17, 15) is 4.79 Å². The molecule has 0 unspecified atom stereocenters. The molecule has 122 valence electrons. The van der Waals surface area contributed by atoms with Gasteiger partial charge >= 0.3 is 6.09 Å². The number of aromatic nitrogens is 1. The van der Waals surface area contributed by atoms with Crippen molar-refractivity contribution in [2.45, 2.75) is 51.7 Å². The van der Waals surface area contributed by atoms with Crippen LogP contribution in [0.5, 0.6) is 0 Å². The summed E-state index contributed by atoms with van der Waals surface area (Å²) in [6.07, 6.45) is 5.18. The van der Waals surface area contributed by atoms with Gasteiger partial charge in [-0.2, -0.15) is 0 Å². The zero-order valence-electron chi connectivity index (χ0n) is 14.3. The van der Waals surface area contributed by atoms with E-state index in [1.807, 2.05) is 33.0 Å². The fourth-order valence-corrected chi connectivity index (χ4v) is 2.71. The second kappa shape index (κ2) is 6.65. The molecule has 1 fully saturated rings. The van der Waals surface area contributed by atoms with Gasteiger partial charge in [-0.25, -0.2) is 9.78 Å². The van der Waals surface area contributed by atoms with Crippen molar-refractivity contribution in [1.29, 1.82) is 0 Å². The molecule has 1 atom stereocenters. The third-order valence-electron chi connectivity index (χ3n) is 3.94. The molecular weight excluding hydrogens is 278 g/mol. The Balaban J connectivity index is 2.06. The quantitative estimate of drug-likeness (QED) is 0.837. The first-order chi connectivity index (χ1) is 10.3. The first-order valence-corrected chi connectivity index (χ1v) is 7.91. The topological polar surface area (TPSA) is 45.7 Å². The molecule has 1 saturated heterocycles. The Hall–Kier alpha value is -1.62. The number of carbonyl (C=O) groups is 1. The molecule has 0 aromatic carbocycles. The summed E-state index contributed by atoms with van der Waals surface area (Å²) in [5.74, 6) is 0.608. The standard InChI is InChI=1S/C17H27N3O2/c1-17(2,3)22-16(21)20(5)15-10-9-13(12-18-15)14-8-6-7-11-19(14)4/h9-10,12,14H,6-8,11H2,1-5H3/t14-/m1/s1. The summed E-state index contributed by atoms with van der Waals surface area (Å²) in [6.45, 7) is 6.70. The maximum atomic E-state index is 12.1. The minimum Gasteiger partial charge on any atom is -0.443 e. The Labute approximate surface area is 133 Å². The number of anilines is 1. The van der Waals surface area contributed by atoms with Crippen LogP contribution in [0, 0.1) is 0 Å². The minimum absolute atomic E-state index is 0.387. The SMILES string of the molecule is CN(C(=O)OC(C)(C)C)c1ccc([C@H]2CCCCN2C)cn1. The van der Waals surface area contributed by atoms with Gasteiger partial charge < -0.3 is 4.74 Å². The zero-order chi connectivity index (χ0) is 16.3. The second-order valence-electron chi connectivity index (χ2n) is 6.98. The van der Waals surface area contributed by atoms with Gasteiger partial charge in [-0.3, -0.25) is 9.80 Å². The highest BCUT2D eigenvalue weighted by Crippen LogP contribution is 2.29. The smallest absolute Gasteiger partial charge is 0.415 e. The Bertz CT molecular complexity index is 508. The molecule has 5 nitrogen and oxygen atoms in total. The van der Waals surface area contributed by atoms with E-state index < -0.39 is 5.60 Å². The number of hydrogen-bond donors (Lipinski definition) is 0. The molecule has 5 heteroatoms. The molecule has 1 aromatic heterocycles. The lowest BCUT2D eigenvalue weighted by molar-refractivity contribution is 0.0588. The van der Waals surface area contributed by atoms with Crippen LogP contribution >= 0.6 is 0 Å². The number of amides is 1. The molecule has 0 N–H and O–H groups in total. The summed E-state index contributed by atoms with van der Waals surface area (Å²) in [6, 6.07) is 4.39. The fraction of sp³-hybridized carbons (Fsp3) is 0.647. The Morgan fingerprint density at radius 2 is 2.09 bits per heavy atom. The number of likely N-dealkylation sites (tertiary alicyclic amines) is 1. The van der Waals surface area contributed by atoms with Crippen LogP contribution in [0.3, 0.4) is 0 Å². The first-order valence-electron chi connectivity index (χ1n) is 7.91. The molecule has 0 radical (unpaired) electrons. The highest BCUT2D eigenvalue weighted by Gasteiger charge is 2.23. The van der Waals surface area contributed by atoms with Crippen molar-refractivity contribution in [3.8, 4) is 0 Å². The first kappa shape index (κ1) is 16.7. The molecule has 0 saturated carbocycles. The highest BCUT2D eigenvalue weighted by molar-refractivity contribution is 5.85. The van der Waals surface area contributed by atoms with Crippen LogP contribution in [0.1, 0.15) is 51.6 Å². The largest absolute Gasteiger partial charge is 0.443 e. The fourth-order valence-electron chi connectivity index (χ4n) is 2.71. The molecule has 2 rings (SSSR count). The Kier molecular flexibility index (Phi) is 5.06. The van der Waals surface area contributed by atoms with Crippen LogP contribution in [0.15, 0.2) is 18.3 Å². The maximum absolute atomic E-state index is 12.1. The van der Waals surface area contributed by atoms with Crippen LogP contribution in [-0.2, 0) is 4.74 Å². The number of pyridine rings is 1. The number of rotatable bonds is 2. The zero-order valence-corrected chi connectivity index (χ0v) is 14.3. The highest BCUT2D eigenvalue weighted by atomic mass is 16.6. The summed E-state index contributed by atoms with van der Waals surface area (Å²) in [4.78, 5) is 20.3. The summed E-state index contributed by atoms with van der Waals surface area (Å²) >= 11 is 0. The van der Waals surface area contributed by atoms with Crippen molar-refractivity contribution in [3.05, 3.63) is 23.9 Å². The Morgan fingerprint density at radius 3 is 2.64 bits per heavy atom. The van der Waals surface area contributed by atoms with E-state index in [0.29, 0.717) is 11.9 Å². The molecule has 0 bridgehead atoms. The third-order valence-corrected chi connectivity index (χ3v) is 3.94. The number of carbonyl (C=O) groups excluding carboxylic acids is 1. The number of piperidine rings is 1. The van der Waals surface area contributed by atoms with E-state index in [2.05, 4.69) is 23.0 Å². The van der Waals surface area contributed by atoms with E-state index in [0.717, 1.165) is 6.54 Å². The van der Waals surface area contributed by atoms with E-state index in [1.54, 1.807) is 7.05 Å². The van der Waals surface area contributed by atoms with Crippen molar-refractivity contribution >= 4 is 11.9 Å². The monoisotopic (exact) mass is 305 g/mol. The summed E-state index contributed by atoms with van der Waals surface area (Å²) in [5, 5.41) is 0. The lowest BCUT2D eigenvalue weighted by Gasteiger charge is -2.32. The van der Waals surface area contributed by atoms with Gasteiger partial charge in [0.15, 0.2) is 0 Å². The molecule has 0 spiro atoms. The summed E-state index contributed by atoms with van der Waals surface area (Å²) in [5.41, 5.74) is 0.708. The Morgan fingerprint density at radius 1 is 1.36 bits per heavy atom. The normalized spacial score (nSPS) is 19.8. The molecular formula is C17H27N3O2. The molecule has 0 aliphatic carbocycles. The number of nitrogens with zero attached hydrogens (tertiary/aromatic N) is 3. The molecule has 22 heavy (non-hydrogen) atoms. The van der Waals surface area contributed by atoms with Crippen LogP contribution in [0.2, 0.25) is 0 Å². The lowest BCUT2D eigenvalue weighted by atomic mass is 9.97. The van der Waals surface area contributed by atoms with Gasteiger partial charge in [-0.15, -0.1) is 0 Å². The molecule has 1 aliphatic rings. The summed E-state index contributed by atoms with van der Waals surface area (Å²) < 4.78 is 5.36. The van der Waals surface area contributed by atoms with Gasteiger partial charge in [0.25, 0.3) is 0 Å². The van der Waals surface area contributed by atoms with E-state index in [1.165, 1.54) is 29.7 Å². The average molecular weight is 305 g/mol. The molecule has 1 aromatic rings. The van der Waals surface area contributed by atoms with Gasteiger partial charge in [0.1, 0.15) is 11.4 Å². The molecule has 2 heterocycles. The molecule has 1 amide bonds. The van der Waals surface area contributed by atoms with Crippen LogP contribution in [0.4, 0.5) is 10.6 Å². The van der Waals surface area contributed by atoms with E-state index in [-0.39, 0.29) is 6.09 Å². The predicted octanol–water partition coefficient (Wildman–Crippen LogP) is 3.61. The van der Waals surface area contributed by atoms with Crippen LogP contribution in [-0.4, -0.2) is 42.2 Å². The number of hydrogen-bond acceptors (Lipinski definition) is 4. The van der Waals surface area contributed by atoms with E-state index >= 15 is 0 Å². The maximum Gasteiger partial charge on any atom is 0.415 e. The van der Waals surface area contributed by atoms with Crippen molar-refractivity contribution < 1.29 is 9.53 Å². The third kappa shape index (κ3) is 4.19. The van der Waals surface area contributed by atoms with Gasteiger partial charge in [0, 0.05) is 19.3 Å². The van der Waals surface area contributed by atoms with Crippen molar-refractivity contribution in [2.24, 2.45) is 0 Å². The van der Waals surface area contributed by atoms with Crippen molar-refractivity contribution in [1.82, 2.24) is 9.88 Å². The van der Waals surface area contributed by atoms with Crippen LogP contribution in [0.25, 0.3) is 0 Å². The van der Waals surface area contributed by atoms with E-state index in [4.69, 9.17) is 4.74 Å². The van der Waals surface area contributed by atoms with Crippen LogP contribution < -0.4 is 4.90 Å². The average Bonchev–Trinajstić information content (AvgIpc) is 2.45.